The maximum Gasteiger partial charge on any atom is 0.138 e. The van der Waals surface area contributed by atoms with Gasteiger partial charge in [-0.2, -0.15) is 0 Å². The SMILES string of the molecule is CCCC(C)(C)c1cc(CC(C)(CC)c2cc3c(cc2O)OC(C)(c2ccc(O)cc2O)C(C)C3(C)CC)c(O)cc1O. The zero-order chi connectivity index (χ0) is 32.1. The molecule has 3 aromatic rings. The van der Waals surface area contributed by atoms with Gasteiger partial charge in [0.2, 0.25) is 0 Å². The average molecular weight is 591 g/mol. The van der Waals surface area contributed by atoms with Crippen LogP contribution in [-0.4, -0.2) is 25.5 Å². The zero-order valence-corrected chi connectivity index (χ0v) is 27.3. The second-order valence-electron chi connectivity index (χ2n) is 14.0. The Kier molecular flexibility index (Phi) is 8.42. The third-order valence-electron chi connectivity index (χ3n) is 10.9. The molecule has 5 N–H and O–H groups in total. The molecule has 0 saturated carbocycles. The van der Waals surface area contributed by atoms with Gasteiger partial charge in [0.05, 0.1) is 0 Å². The number of phenolic OH excluding ortho intramolecular Hbond substituents is 5. The quantitative estimate of drug-likeness (QED) is 0.170. The van der Waals surface area contributed by atoms with Gasteiger partial charge in [-0.05, 0) is 67.9 Å². The fourth-order valence-corrected chi connectivity index (χ4v) is 7.36. The molecule has 1 aliphatic rings. The van der Waals surface area contributed by atoms with E-state index < -0.39 is 11.0 Å². The van der Waals surface area contributed by atoms with Crippen molar-refractivity contribution in [1.82, 2.24) is 0 Å². The first-order valence-corrected chi connectivity index (χ1v) is 15.6. The van der Waals surface area contributed by atoms with Crippen LogP contribution in [0.2, 0.25) is 0 Å². The van der Waals surface area contributed by atoms with Crippen LogP contribution in [0.4, 0.5) is 0 Å². The summed E-state index contributed by atoms with van der Waals surface area (Å²) >= 11 is 0. The first-order chi connectivity index (χ1) is 20.0. The highest BCUT2D eigenvalue weighted by atomic mass is 16.5. The molecule has 0 amide bonds. The summed E-state index contributed by atoms with van der Waals surface area (Å²) in [5.41, 5.74) is 1.81. The van der Waals surface area contributed by atoms with Crippen molar-refractivity contribution in [2.24, 2.45) is 5.92 Å². The van der Waals surface area contributed by atoms with Crippen molar-refractivity contribution in [3.63, 3.8) is 0 Å². The van der Waals surface area contributed by atoms with E-state index in [1.807, 2.05) is 13.0 Å². The van der Waals surface area contributed by atoms with Crippen LogP contribution in [0, 0.1) is 5.92 Å². The molecule has 1 aliphatic heterocycles. The molecular weight excluding hydrogens is 540 g/mol. The summed E-state index contributed by atoms with van der Waals surface area (Å²) in [4.78, 5) is 0. The standard InChI is InChI=1S/C37H50O6/c1-10-15-34(5,6)26-16-23(29(39)19-31(26)41)21-35(7,11-2)27-18-28-33(20-32(27)42)43-37(9,22(4)36(28,8)12-3)25-14-13-24(38)17-30(25)40/h13-14,16-20,22,38-42H,10-12,15,21H2,1-9H3. The molecule has 0 saturated heterocycles. The third-order valence-corrected chi connectivity index (χ3v) is 10.9. The van der Waals surface area contributed by atoms with E-state index >= 15 is 0 Å². The monoisotopic (exact) mass is 590 g/mol. The highest BCUT2D eigenvalue weighted by Crippen LogP contribution is 2.57. The Bertz CT molecular complexity index is 1510. The van der Waals surface area contributed by atoms with Gasteiger partial charge in [-0.15, -0.1) is 0 Å². The molecule has 0 spiro atoms. The molecule has 1 heterocycles. The first kappa shape index (κ1) is 32.4. The molecule has 43 heavy (non-hydrogen) atoms. The van der Waals surface area contributed by atoms with Gasteiger partial charge in [0.1, 0.15) is 40.1 Å². The van der Waals surface area contributed by atoms with E-state index in [1.54, 1.807) is 18.2 Å². The van der Waals surface area contributed by atoms with E-state index in [2.05, 4.69) is 61.5 Å². The largest absolute Gasteiger partial charge is 0.508 e. The van der Waals surface area contributed by atoms with Crippen molar-refractivity contribution >= 4 is 0 Å². The second-order valence-corrected chi connectivity index (χ2v) is 14.0. The maximum atomic E-state index is 11.6. The van der Waals surface area contributed by atoms with Gasteiger partial charge in [-0.1, -0.05) is 61.8 Å². The topological polar surface area (TPSA) is 110 Å². The van der Waals surface area contributed by atoms with E-state index in [0.29, 0.717) is 24.2 Å². The first-order valence-electron chi connectivity index (χ1n) is 15.6. The molecule has 0 radical (unpaired) electrons. The summed E-state index contributed by atoms with van der Waals surface area (Å²) in [6.45, 7) is 18.9. The van der Waals surface area contributed by atoms with E-state index in [-0.39, 0.29) is 45.5 Å². The summed E-state index contributed by atoms with van der Waals surface area (Å²) in [7, 11) is 0. The summed E-state index contributed by atoms with van der Waals surface area (Å²) in [5, 5.41) is 54.0. The molecule has 0 bridgehead atoms. The number of phenols is 5. The lowest BCUT2D eigenvalue weighted by molar-refractivity contribution is -0.0330. The highest BCUT2D eigenvalue weighted by Gasteiger charge is 2.52. The smallest absolute Gasteiger partial charge is 0.138 e. The van der Waals surface area contributed by atoms with Gasteiger partial charge in [-0.3, -0.25) is 0 Å². The minimum Gasteiger partial charge on any atom is -0.508 e. The fraction of sp³-hybridized carbons (Fsp3) is 0.514. The van der Waals surface area contributed by atoms with Gasteiger partial charge in [0, 0.05) is 57.2 Å². The Hall–Kier alpha value is -3.54. The number of rotatable bonds is 9. The molecule has 0 aromatic heterocycles. The molecule has 0 fully saturated rings. The van der Waals surface area contributed by atoms with Crippen LogP contribution in [0.15, 0.2) is 42.5 Å². The average Bonchev–Trinajstić information content (AvgIpc) is 2.92. The molecule has 0 aliphatic carbocycles. The van der Waals surface area contributed by atoms with Gasteiger partial charge in [0.25, 0.3) is 0 Å². The summed E-state index contributed by atoms with van der Waals surface area (Å²) in [6, 6.07) is 11.7. The van der Waals surface area contributed by atoms with Crippen LogP contribution in [0.25, 0.3) is 0 Å². The Balaban J connectivity index is 1.84. The second kappa shape index (κ2) is 11.2. The van der Waals surface area contributed by atoms with Crippen LogP contribution < -0.4 is 4.74 Å². The van der Waals surface area contributed by atoms with Gasteiger partial charge in [-0.25, -0.2) is 0 Å². The van der Waals surface area contributed by atoms with Crippen LogP contribution in [0.1, 0.15) is 116 Å². The molecular formula is C37H50O6. The minimum atomic E-state index is -0.920. The molecule has 3 aromatic carbocycles. The number of fused-ring (bicyclic) bond motifs is 1. The molecule has 6 nitrogen and oxygen atoms in total. The fourth-order valence-electron chi connectivity index (χ4n) is 7.36. The van der Waals surface area contributed by atoms with Crippen LogP contribution in [0.5, 0.6) is 34.5 Å². The molecule has 234 valence electrons. The lowest BCUT2D eigenvalue weighted by atomic mass is 9.60. The Morgan fingerprint density at radius 2 is 1.42 bits per heavy atom. The molecule has 4 unspecified atom stereocenters. The molecule has 4 atom stereocenters. The van der Waals surface area contributed by atoms with E-state index in [9.17, 15) is 25.5 Å². The summed E-state index contributed by atoms with van der Waals surface area (Å²) in [5.74, 6) is 0.682. The van der Waals surface area contributed by atoms with Crippen molar-refractivity contribution in [2.45, 2.75) is 116 Å². The van der Waals surface area contributed by atoms with E-state index in [1.165, 1.54) is 12.1 Å². The van der Waals surface area contributed by atoms with Crippen molar-refractivity contribution in [1.29, 1.82) is 0 Å². The van der Waals surface area contributed by atoms with E-state index in [0.717, 1.165) is 41.5 Å². The van der Waals surface area contributed by atoms with Gasteiger partial charge < -0.3 is 30.3 Å². The summed E-state index contributed by atoms with van der Waals surface area (Å²) in [6.07, 6.45) is 3.83. The predicted octanol–water partition coefficient (Wildman–Crippen LogP) is 8.81. The van der Waals surface area contributed by atoms with Crippen molar-refractivity contribution < 1.29 is 30.3 Å². The Morgan fingerprint density at radius 3 is 2.00 bits per heavy atom. The highest BCUT2D eigenvalue weighted by molar-refractivity contribution is 5.57. The Labute approximate surface area is 257 Å². The number of ether oxygens (including phenoxy) is 1. The lowest BCUT2D eigenvalue weighted by Gasteiger charge is -2.52. The summed E-state index contributed by atoms with van der Waals surface area (Å²) < 4.78 is 6.68. The van der Waals surface area contributed by atoms with Gasteiger partial charge in [0.15, 0.2) is 0 Å². The normalized spacial score (nSPS) is 23.3. The van der Waals surface area contributed by atoms with Crippen LogP contribution in [0.3, 0.4) is 0 Å². The number of hydrogen-bond acceptors (Lipinski definition) is 6. The number of benzene rings is 3. The van der Waals surface area contributed by atoms with Crippen molar-refractivity contribution in [3.05, 3.63) is 70.3 Å². The molecule has 6 heteroatoms. The number of aromatic hydroxyl groups is 5. The third kappa shape index (κ3) is 5.38. The lowest BCUT2D eigenvalue weighted by Crippen LogP contribution is -2.51. The Morgan fingerprint density at radius 1 is 0.767 bits per heavy atom. The maximum absolute atomic E-state index is 11.6. The zero-order valence-electron chi connectivity index (χ0n) is 27.3. The minimum absolute atomic E-state index is 0.0196. The predicted molar refractivity (Wildman–Crippen MR) is 172 cm³/mol. The van der Waals surface area contributed by atoms with E-state index in [4.69, 9.17) is 4.74 Å². The van der Waals surface area contributed by atoms with Gasteiger partial charge >= 0.3 is 0 Å². The van der Waals surface area contributed by atoms with Crippen LogP contribution >= 0.6 is 0 Å². The van der Waals surface area contributed by atoms with Crippen molar-refractivity contribution in [2.75, 3.05) is 0 Å². The van der Waals surface area contributed by atoms with Crippen LogP contribution in [-0.2, 0) is 28.3 Å². The van der Waals surface area contributed by atoms with Crippen molar-refractivity contribution in [3.8, 4) is 34.5 Å². The number of hydrogen-bond donors (Lipinski definition) is 5. The molecule has 4 rings (SSSR count).